The van der Waals surface area contributed by atoms with Gasteiger partial charge in [0.25, 0.3) is 0 Å². The van der Waals surface area contributed by atoms with Gasteiger partial charge in [0, 0.05) is 12.2 Å². The number of aryl methyl sites for hydroxylation is 1. The van der Waals surface area contributed by atoms with E-state index in [1.54, 1.807) is 12.1 Å². The highest BCUT2D eigenvalue weighted by atomic mass is 32.1. The third-order valence-electron chi connectivity index (χ3n) is 2.92. The number of nitrogens with one attached hydrogen (secondary N) is 1. The van der Waals surface area contributed by atoms with Gasteiger partial charge in [-0.05, 0) is 43.2 Å². The van der Waals surface area contributed by atoms with Crippen molar-refractivity contribution < 1.29 is 4.39 Å². The first-order valence-corrected chi connectivity index (χ1v) is 6.73. The van der Waals surface area contributed by atoms with Crippen LogP contribution < -0.4 is 11.1 Å². The fourth-order valence-electron chi connectivity index (χ4n) is 1.87. The Labute approximate surface area is 123 Å². The highest BCUT2D eigenvalue weighted by molar-refractivity contribution is 7.80. The fourth-order valence-corrected chi connectivity index (χ4v) is 2.03. The second-order valence-electron chi connectivity index (χ2n) is 4.52. The van der Waals surface area contributed by atoms with Crippen LogP contribution in [0.2, 0.25) is 0 Å². The molecule has 3 nitrogen and oxygen atoms in total. The molecule has 5 heteroatoms. The van der Waals surface area contributed by atoms with Crippen LogP contribution >= 0.6 is 12.2 Å². The summed E-state index contributed by atoms with van der Waals surface area (Å²) in [6.07, 6.45) is 0.771. The van der Waals surface area contributed by atoms with Crippen molar-refractivity contribution in [1.82, 2.24) is 4.98 Å². The van der Waals surface area contributed by atoms with Crippen molar-refractivity contribution in [3.63, 3.8) is 0 Å². The van der Waals surface area contributed by atoms with Crippen LogP contribution in [0.5, 0.6) is 0 Å². The molecule has 2 aromatic rings. The second-order valence-corrected chi connectivity index (χ2v) is 4.96. The molecule has 0 bridgehead atoms. The van der Waals surface area contributed by atoms with E-state index in [-0.39, 0.29) is 5.82 Å². The Morgan fingerprint density at radius 2 is 1.95 bits per heavy atom. The smallest absolute Gasteiger partial charge is 0.136 e. The molecule has 0 spiro atoms. The molecule has 0 atom stereocenters. The molecule has 2 rings (SSSR count). The SMILES string of the molecule is Cc1ccc(C(N)=S)c(NCCc2ccc(F)cc2)n1. The van der Waals surface area contributed by atoms with Gasteiger partial charge in [-0.15, -0.1) is 0 Å². The summed E-state index contributed by atoms with van der Waals surface area (Å²) in [6.45, 7) is 2.59. The number of hydrogen-bond acceptors (Lipinski definition) is 3. The lowest BCUT2D eigenvalue weighted by Crippen LogP contribution is -2.16. The van der Waals surface area contributed by atoms with Crippen LogP contribution in [0.4, 0.5) is 10.2 Å². The maximum absolute atomic E-state index is 12.8. The molecular weight excluding hydrogens is 273 g/mol. The largest absolute Gasteiger partial charge is 0.389 e. The number of halogens is 1. The van der Waals surface area contributed by atoms with Crippen LogP contribution in [0, 0.1) is 12.7 Å². The van der Waals surface area contributed by atoms with Crippen molar-refractivity contribution in [1.29, 1.82) is 0 Å². The number of rotatable bonds is 5. The summed E-state index contributed by atoms with van der Waals surface area (Å²) >= 11 is 5.01. The van der Waals surface area contributed by atoms with E-state index in [1.807, 2.05) is 19.1 Å². The number of pyridine rings is 1. The average Bonchev–Trinajstić information content (AvgIpc) is 2.41. The zero-order valence-electron chi connectivity index (χ0n) is 11.2. The van der Waals surface area contributed by atoms with Crippen LogP contribution in [0.15, 0.2) is 36.4 Å². The summed E-state index contributed by atoms with van der Waals surface area (Å²) < 4.78 is 12.8. The molecule has 0 radical (unpaired) electrons. The molecule has 0 aliphatic carbocycles. The molecule has 0 aliphatic rings. The highest BCUT2D eigenvalue weighted by Gasteiger charge is 2.06. The predicted octanol–water partition coefficient (Wildman–Crippen LogP) is 2.82. The van der Waals surface area contributed by atoms with Crippen molar-refractivity contribution in [3.05, 3.63) is 59.0 Å². The van der Waals surface area contributed by atoms with E-state index >= 15 is 0 Å². The standard InChI is InChI=1S/C15H16FN3S/c1-10-2-7-13(14(17)20)15(19-10)18-9-8-11-3-5-12(16)6-4-11/h2-7H,8-9H2,1H3,(H2,17,20)(H,18,19). The van der Waals surface area contributed by atoms with Crippen molar-refractivity contribution in [2.75, 3.05) is 11.9 Å². The summed E-state index contributed by atoms with van der Waals surface area (Å²) in [7, 11) is 0. The Morgan fingerprint density at radius 3 is 2.60 bits per heavy atom. The van der Waals surface area contributed by atoms with E-state index < -0.39 is 0 Å². The van der Waals surface area contributed by atoms with Gasteiger partial charge in [0.1, 0.15) is 16.6 Å². The highest BCUT2D eigenvalue weighted by Crippen LogP contribution is 2.13. The number of hydrogen-bond donors (Lipinski definition) is 2. The van der Waals surface area contributed by atoms with Crippen LogP contribution in [-0.2, 0) is 6.42 Å². The minimum absolute atomic E-state index is 0.224. The fraction of sp³-hybridized carbons (Fsp3) is 0.200. The molecule has 1 heterocycles. The second kappa shape index (κ2) is 6.43. The van der Waals surface area contributed by atoms with Gasteiger partial charge >= 0.3 is 0 Å². The first-order valence-electron chi connectivity index (χ1n) is 6.32. The molecule has 0 unspecified atom stereocenters. The van der Waals surface area contributed by atoms with Crippen molar-refractivity contribution in [3.8, 4) is 0 Å². The molecule has 0 saturated heterocycles. The van der Waals surface area contributed by atoms with E-state index in [0.29, 0.717) is 17.4 Å². The molecule has 1 aromatic heterocycles. The molecular formula is C15H16FN3S. The van der Waals surface area contributed by atoms with E-state index in [2.05, 4.69) is 10.3 Å². The quantitative estimate of drug-likeness (QED) is 0.831. The van der Waals surface area contributed by atoms with E-state index in [4.69, 9.17) is 18.0 Å². The normalized spacial score (nSPS) is 10.3. The Kier molecular flexibility index (Phi) is 4.63. The maximum atomic E-state index is 12.8. The lowest BCUT2D eigenvalue weighted by atomic mass is 10.1. The van der Waals surface area contributed by atoms with Crippen molar-refractivity contribution in [2.24, 2.45) is 5.73 Å². The van der Waals surface area contributed by atoms with Gasteiger partial charge in [-0.1, -0.05) is 24.4 Å². The third-order valence-corrected chi connectivity index (χ3v) is 3.14. The van der Waals surface area contributed by atoms with Gasteiger partial charge < -0.3 is 11.1 Å². The van der Waals surface area contributed by atoms with Crippen LogP contribution in [0.25, 0.3) is 0 Å². The van der Waals surface area contributed by atoms with Crippen LogP contribution in [0.1, 0.15) is 16.8 Å². The molecule has 0 saturated carbocycles. The topological polar surface area (TPSA) is 50.9 Å². The summed E-state index contributed by atoms with van der Waals surface area (Å²) in [5.74, 6) is 0.470. The first kappa shape index (κ1) is 14.4. The summed E-state index contributed by atoms with van der Waals surface area (Å²) in [4.78, 5) is 4.72. The maximum Gasteiger partial charge on any atom is 0.136 e. The first-order chi connectivity index (χ1) is 9.56. The lowest BCUT2D eigenvalue weighted by molar-refractivity contribution is 0.627. The zero-order valence-corrected chi connectivity index (χ0v) is 12.0. The number of aromatic nitrogens is 1. The number of nitrogens with two attached hydrogens (primary N) is 1. The average molecular weight is 289 g/mol. The van der Waals surface area contributed by atoms with Crippen LogP contribution in [-0.4, -0.2) is 16.5 Å². The molecule has 104 valence electrons. The Morgan fingerprint density at radius 1 is 1.25 bits per heavy atom. The van der Waals surface area contributed by atoms with Gasteiger partial charge in [0.15, 0.2) is 0 Å². The number of nitrogens with zero attached hydrogens (tertiary/aromatic N) is 1. The summed E-state index contributed by atoms with van der Waals surface area (Å²) in [5.41, 5.74) is 8.37. The van der Waals surface area contributed by atoms with Crippen molar-refractivity contribution >= 4 is 23.0 Å². The predicted molar refractivity (Wildman–Crippen MR) is 83.5 cm³/mol. The van der Waals surface area contributed by atoms with E-state index in [0.717, 1.165) is 23.2 Å². The summed E-state index contributed by atoms with van der Waals surface area (Å²) in [5, 5.41) is 3.23. The van der Waals surface area contributed by atoms with Crippen LogP contribution in [0.3, 0.4) is 0 Å². The molecule has 0 amide bonds. The van der Waals surface area contributed by atoms with Gasteiger partial charge in [0.05, 0.1) is 5.56 Å². The molecule has 0 aliphatic heterocycles. The zero-order chi connectivity index (χ0) is 14.5. The van der Waals surface area contributed by atoms with Gasteiger partial charge in [0.2, 0.25) is 0 Å². The van der Waals surface area contributed by atoms with E-state index in [1.165, 1.54) is 12.1 Å². The van der Waals surface area contributed by atoms with E-state index in [9.17, 15) is 4.39 Å². The Balaban J connectivity index is 2.02. The number of anilines is 1. The monoisotopic (exact) mass is 289 g/mol. The lowest BCUT2D eigenvalue weighted by Gasteiger charge is -2.11. The Hall–Kier alpha value is -2.01. The Bertz CT molecular complexity index is 611. The minimum atomic E-state index is -0.224. The van der Waals surface area contributed by atoms with Crippen molar-refractivity contribution in [2.45, 2.75) is 13.3 Å². The number of thiocarbonyl (C=S) groups is 1. The molecule has 20 heavy (non-hydrogen) atoms. The number of benzene rings is 1. The van der Waals surface area contributed by atoms with Gasteiger partial charge in [-0.3, -0.25) is 0 Å². The minimum Gasteiger partial charge on any atom is -0.389 e. The molecule has 0 fully saturated rings. The molecule has 3 N–H and O–H groups in total. The van der Waals surface area contributed by atoms with Gasteiger partial charge in [-0.2, -0.15) is 0 Å². The molecule has 1 aromatic carbocycles. The summed E-state index contributed by atoms with van der Waals surface area (Å²) in [6, 6.07) is 10.2. The van der Waals surface area contributed by atoms with Gasteiger partial charge in [-0.25, -0.2) is 9.37 Å². The third kappa shape index (κ3) is 3.74.